The van der Waals surface area contributed by atoms with Gasteiger partial charge in [0.15, 0.2) is 11.5 Å². The van der Waals surface area contributed by atoms with Gasteiger partial charge in [-0.3, -0.25) is 0 Å². The van der Waals surface area contributed by atoms with Crippen LogP contribution in [0.5, 0.6) is 11.5 Å². The third-order valence-corrected chi connectivity index (χ3v) is 4.80. The second-order valence-electron chi connectivity index (χ2n) is 6.82. The van der Waals surface area contributed by atoms with Crippen molar-refractivity contribution in [2.75, 3.05) is 19.8 Å². The van der Waals surface area contributed by atoms with Crippen LogP contribution in [0.25, 0.3) is 0 Å². The van der Waals surface area contributed by atoms with Gasteiger partial charge in [0.05, 0.1) is 19.3 Å². The van der Waals surface area contributed by atoms with Gasteiger partial charge in [-0.1, -0.05) is 38.1 Å². The van der Waals surface area contributed by atoms with Crippen molar-refractivity contribution in [3.63, 3.8) is 0 Å². The molecule has 134 valence electrons. The summed E-state index contributed by atoms with van der Waals surface area (Å²) < 4.78 is 11.6. The van der Waals surface area contributed by atoms with Gasteiger partial charge >= 0.3 is 0 Å². The second-order valence-corrected chi connectivity index (χ2v) is 6.82. The Hall–Kier alpha value is -2.00. The van der Waals surface area contributed by atoms with Gasteiger partial charge in [-0.05, 0) is 60.6 Å². The maximum atomic E-state index is 5.84. The van der Waals surface area contributed by atoms with Crippen LogP contribution in [0.1, 0.15) is 61.9 Å². The van der Waals surface area contributed by atoms with Crippen LogP contribution in [0.4, 0.5) is 0 Å². The van der Waals surface area contributed by atoms with Crippen molar-refractivity contribution in [2.24, 2.45) is 0 Å². The van der Waals surface area contributed by atoms with Crippen molar-refractivity contribution in [2.45, 2.75) is 46.1 Å². The van der Waals surface area contributed by atoms with E-state index in [1.807, 2.05) is 13.8 Å². The first-order valence-electron chi connectivity index (χ1n) is 9.39. The molecule has 0 spiro atoms. The SMILES string of the molecule is CCOc1cc2c(cc1OCC)[C@H](c1ccc(C(C)C)cc1)NCC2. The van der Waals surface area contributed by atoms with Crippen LogP contribution < -0.4 is 14.8 Å². The van der Waals surface area contributed by atoms with Crippen LogP contribution in [-0.2, 0) is 6.42 Å². The lowest BCUT2D eigenvalue weighted by Gasteiger charge is -2.29. The topological polar surface area (TPSA) is 30.5 Å². The highest BCUT2D eigenvalue weighted by Crippen LogP contribution is 2.38. The monoisotopic (exact) mass is 339 g/mol. The molecule has 0 aliphatic carbocycles. The van der Waals surface area contributed by atoms with Crippen LogP contribution in [0.3, 0.4) is 0 Å². The van der Waals surface area contributed by atoms with E-state index in [4.69, 9.17) is 9.47 Å². The molecule has 0 saturated heterocycles. The molecule has 25 heavy (non-hydrogen) atoms. The maximum Gasteiger partial charge on any atom is 0.161 e. The van der Waals surface area contributed by atoms with Gasteiger partial charge in [0.2, 0.25) is 0 Å². The number of rotatable bonds is 6. The van der Waals surface area contributed by atoms with Gasteiger partial charge in [0.1, 0.15) is 0 Å². The summed E-state index contributed by atoms with van der Waals surface area (Å²) in [5, 5.41) is 3.66. The van der Waals surface area contributed by atoms with E-state index in [0.717, 1.165) is 24.5 Å². The van der Waals surface area contributed by atoms with E-state index in [-0.39, 0.29) is 6.04 Å². The molecule has 3 heteroatoms. The minimum Gasteiger partial charge on any atom is -0.490 e. The first kappa shape index (κ1) is 17.8. The summed E-state index contributed by atoms with van der Waals surface area (Å²) in [6.45, 7) is 10.7. The summed E-state index contributed by atoms with van der Waals surface area (Å²) in [5.74, 6) is 2.26. The molecule has 0 radical (unpaired) electrons. The summed E-state index contributed by atoms with van der Waals surface area (Å²) in [4.78, 5) is 0. The van der Waals surface area contributed by atoms with E-state index in [1.165, 1.54) is 22.3 Å². The van der Waals surface area contributed by atoms with Crippen molar-refractivity contribution in [1.29, 1.82) is 0 Å². The van der Waals surface area contributed by atoms with Gasteiger partial charge in [-0.15, -0.1) is 0 Å². The highest BCUT2D eigenvalue weighted by atomic mass is 16.5. The van der Waals surface area contributed by atoms with Crippen molar-refractivity contribution < 1.29 is 9.47 Å². The first-order chi connectivity index (χ1) is 12.1. The Balaban J connectivity index is 1.98. The first-order valence-corrected chi connectivity index (χ1v) is 9.39. The maximum absolute atomic E-state index is 5.84. The molecule has 3 nitrogen and oxygen atoms in total. The Bertz CT molecular complexity index is 707. The number of nitrogens with one attached hydrogen (secondary N) is 1. The molecular weight excluding hydrogens is 310 g/mol. The van der Waals surface area contributed by atoms with Crippen LogP contribution in [0.15, 0.2) is 36.4 Å². The third kappa shape index (κ3) is 3.82. The molecule has 1 atom stereocenters. The molecule has 3 rings (SSSR count). The number of hydrogen-bond acceptors (Lipinski definition) is 3. The summed E-state index contributed by atoms with van der Waals surface area (Å²) in [6.07, 6.45) is 1.02. The van der Waals surface area contributed by atoms with Gasteiger partial charge < -0.3 is 14.8 Å². The van der Waals surface area contributed by atoms with Gasteiger partial charge in [0, 0.05) is 6.54 Å². The van der Waals surface area contributed by atoms with Gasteiger partial charge in [-0.2, -0.15) is 0 Å². The zero-order valence-corrected chi connectivity index (χ0v) is 15.8. The lowest BCUT2D eigenvalue weighted by Crippen LogP contribution is -2.30. The average molecular weight is 339 g/mol. The number of fused-ring (bicyclic) bond motifs is 1. The minimum absolute atomic E-state index is 0.208. The Morgan fingerprint density at radius 1 is 1.00 bits per heavy atom. The van der Waals surface area contributed by atoms with E-state index in [0.29, 0.717) is 19.1 Å². The fraction of sp³-hybridized carbons (Fsp3) is 0.455. The minimum atomic E-state index is 0.208. The van der Waals surface area contributed by atoms with Crippen LogP contribution >= 0.6 is 0 Å². The molecule has 0 amide bonds. The number of benzene rings is 2. The molecule has 0 aromatic heterocycles. The average Bonchev–Trinajstić information content (AvgIpc) is 2.62. The zero-order valence-electron chi connectivity index (χ0n) is 15.8. The highest BCUT2D eigenvalue weighted by molar-refractivity contribution is 5.51. The lowest BCUT2D eigenvalue weighted by molar-refractivity contribution is 0.286. The van der Waals surface area contributed by atoms with E-state index >= 15 is 0 Å². The van der Waals surface area contributed by atoms with Crippen LogP contribution in [0.2, 0.25) is 0 Å². The van der Waals surface area contributed by atoms with E-state index in [2.05, 4.69) is 55.6 Å². The molecule has 1 N–H and O–H groups in total. The standard InChI is InChI=1S/C22H29NO2/c1-5-24-20-13-18-11-12-23-22(19(18)14-21(20)25-6-2)17-9-7-16(8-10-17)15(3)4/h7-10,13-15,22-23H,5-6,11-12H2,1-4H3/t22-/m0/s1. The lowest BCUT2D eigenvalue weighted by atomic mass is 9.88. The Kier molecular flexibility index (Phi) is 5.64. The molecule has 0 bridgehead atoms. The molecule has 2 aromatic rings. The Morgan fingerprint density at radius 2 is 1.64 bits per heavy atom. The van der Waals surface area contributed by atoms with E-state index < -0.39 is 0 Å². The molecule has 1 heterocycles. The third-order valence-electron chi connectivity index (χ3n) is 4.80. The second kappa shape index (κ2) is 7.92. The summed E-state index contributed by atoms with van der Waals surface area (Å²) in [6, 6.07) is 13.5. The van der Waals surface area contributed by atoms with Gasteiger partial charge in [0.25, 0.3) is 0 Å². The predicted octanol–water partition coefficient (Wildman–Crippen LogP) is 4.84. The summed E-state index contributed by atoms with van der Waals surface area (Å²) in [7, 11) is 0. The summed E-state index contributed by atoms with van der Waals surface area (Å²) >= 11 is 0. The van der Waals surface area contributed by atoms with E-state index in [9.17, 15) is 0 Å². The normalized spacial score (nSPS) is 16.6. The van der Waals surface area contributed by atoms with Crippen LogP contribution in [-0.4, -0.2) is 19.8 Å². The highest BCUT2D eigenvalue weighted by Gasteiger charge is 2.24. The molecular formula is C22H29NO2. The Labute approximate surface area is 151 Å². The molecule has 0 saturated carbocycles. The number of hydrogen-bond donors (Lipinski definition) is 1. The fourth-order valence-electron chi connectivity index (χ4n) is 3.47. The molecule has 0 unspecified atom stereocenters. The molecule has 0 fully saturated rings. The van der Waals surface area contributed by atoms with Crippen molar-refractivity contribution in [3.05, 3.63) is 58.7 Å². The fourth-order valence-corrected chi connectivity index (χ4v) is 3.47. The molecule has 2 aromatic carbocycles. The van der Waals surface area contributed by atoms with Crippen molar-refractivity contribution >= 4 is 0 Å². The van der Waals surface area contributed by atoms with Crippen molar-refractivity contribution in [1.82, 2.24) is 5.32 Å². The zero-order chi connectivity index (χ0) is 17.8. The molecule has 1 aliphatic heterocycles. The van der Waals surface area contributed by atoms with Gasteiger partial charge in [-0.25, -0.2) is 0 Å². The number of ether oxygens (including phenoxy) is 2. The van der Waals surface area contributed by atoms with Crippen molar-refractivity contribution in [3.8, 4) is 11.5 Å². The van der Waals surface area contributed by atoms with E-state index in [1.54, 1.807) is 0 Å². The summed E-state index contributed by atoms with van der Waals surface area (Å²) in [5.41, 5.74) is 5.33. The Morgan fingerprint density at radius 3 is 2.24 bits per heavy atom. The smallest absolute Gasteiger partial charge is 0.161 e. The predicted molar refractivity (Wildman–Crippen MR) is 103 cm³/mol. The quantitative estimate of drug-likeness (QED) is 0.816. The molecule has 1 aliphatic rings. The largest absolute Gasteiger partial charge is 0.490 e. The van der Waals surface area contributed by atoms with Crippen LogP contribution in [0, 0.1) is 0 Å².